The van der Waals surface area contributed by atoms with E-state index in [0.717, 1.165) is 25.2 Å². The third-order valence-electron chi connectivity index (χ3n) is 5.31. The zero-order valence-electron chi connectivity index (χ0n) is 13.1. The fraction of sp³-hybridized carbons (Fsp3) is 0.238. The van der Waals surface area contributed by atoms with E-state index >= 15 is 0 Å². The van der Waals surface area contributed by atoms with Crippen LogP contribution in [0.4, 0.5) is 0 Å². The molecule has 114 valence electrons. The Balaban J connectivity index is 1.91. The van der Waals surface area contributed by atoms with Gasteiger partial charge in [0.1, 0.15) is 11.4 Å². The third kappa shape index (κ3) is 1.62. The summed E-state index contributed by atoms with van der Waals surface area (Å²) in [4.78, 5) is 0. The Bertz CT molecular complexity index is 920. The standard InChI is InChI=1S/C21H18O2/c1-22-15-8-10-17-18-9-7-14-5-2-3-6-16(14)20(18)21(19(17)13-15)11-4-12-23-21/h2-3,5-10,13H,4,11-12H2,1H3. The smallest absolute Gasteiger partial charge is 0.120 e. The van der Waals surface area contributed by atoms with E-state index in [2.05, 4.69) is 48.5 Å². The molecule has 1 aliphatic carbocycles. The summed E-state index contributed by atoms with van der Waals surface area (Å²) in [5.74, 6) is 0.899. The van der Waals surface area contributed by atoms with E-state index in [0.29, 0.717) is 0 Å². The van der Waals surface area contributed by atoms with Gasteiger partial charge in [-0.15, -0.1) is 0 Å². The Morgan fingerprint density at radius 1 is 1.00 bits per heavy atom. The quantitative estimate of drug-likeness (QED) is 0.637. The molecule has 2 aliphatic rings. The predicted octanol–water partition coefficient (Wildman–Crippen LogP) is 4.88. The van der Waals surface area contributed by atoms with E-state index in [1.807, 2.05) is 6.07 Å². The molecule has 1 heterocycles. The van der Waals surface area contributed by atoms with Crippen LogP contribution in [-0.4, -0.2) is 13.7 Å². The second kappa shape index (κ2) is 4.59. The molecule has 1 atom stereocenters. The van der Waals surface area contributed by atoms with Crippen molar-refractivity contribution >= 4 is 10.8 Å². The van der Waals surface area contributed by atoms with Crippen molar-refractivity contribution in [3.63, 3.8) is 0 Å². The minimum absolute atomic E-state index is 0.305. The van der Waals surface area contributed by atoms with Crippen molar-refractivity contribution in [3.05, 3.63) is 65.7 Å². The highest BCUT2D eigenvalue weighted by Crippen LogP contribution is 2.56. The van der Waals surface area contributed by atoms with Crippen LogP contribution in [0.3, 0.4) is 0 Å². The summed E-state index contributed by atoms with van der Waals surface area (Å²) in [6, 6.07) is 19.5. The molecule has 3 aromatic rings. The molecule has 2 heteroatoms. The van der Waals surface area contributed by atoms with E-state index in [1.54, 1.807) is 7.11 Å². The lowest BCUT2D eigenvalue weighted by atomic mass is 9.85. The van der Waals surface area contributed by atoms with Gasteiger partial charge in [-0.25, -0.2) is 0 Å². The van der Waals surface area contributed by atoms with Crippen molar-refractivity contribution in [3.8, 4) is 16.9 Å². The van der Waals surface area contributed by atoms with Crippen LogP contribution in [-0.2, 0) is 10.3 Å². The van der Waals surface area contributed by atoms with Gasteiger partial charge in [0.05, 0.1) is 7.11 Å². The second-order valence-electron chi connectivity index (χ2n) is 6.40. The van der Waals surface area contributed by atoms with Gasteiger partial charge in [-0.1, -0.05) is 42.5 Å². The first-order valence-corrected chi connectivity index (χ1v) is 8.18. The fourth-order valence-electron chi connectivity index (χ4n) is 4.33. The number of methoxy groups -OCH3 is 1. The van der Waals surface area contributed by atoms with Crippen LogP contribution >= 0.6 is 0 Å². The summed E-state index contributed by atoms with van der Waals surface area (Å²) in [6.07, 6.45) is 2.13. The van der Waals surface area contributed by atoms with Crippen molar-refractivity contribution in [2.75, 3.05) is 13.7 Å². The summed E-state index contributed by atoms with van der Waals surface area (Å²) >= 11 is 0. The van der Waals surface area contributed by atoms with E-state index in [1.165, 1.54) is 33.0 Å². The Labute approximate surface area is 135 Å². The Morgan fingerprint density at radius 2 is 1.87 bits per heavy atom. The van der Waals surface area contributed by atoms with Crippen molar-refractivity contribution in [2.24, 2.45) is 0 Å². The lowest BCUT2D eigenvalue weighted by Gasteiger charge is -2.27. The molecule has 0 saturated carbocycles. The van der Waals surface area contributed by atoms with E-state index in [4.69, 9.17) is 9.47 Å². The number of benzene rings is 3. The average Bonchev–Trinajstić information content (AvgIpc) is 3.20. The van der Waals surface area contributed by atoms with Gasteiger partial charge in [0, 0.05) is 12.2 Å². The van der Waals surface area contributed by atoms with Crippen LogP contribution < -0.4 is 4.74 Å². The largest absolute Gasteiger partial charge is 0.497 e. The fourth-order valence-corrected chi connectivity index (χ4v) is 4.33. The topological polar surface area (TPSA) is 18.5 Å². The maximum atomic E-state index is 6.41. The van der Waals surface area contributed by atoms with Gasteiger partial charge < -0.3 is 9.47 Å². The summed E-state index contributed by atoms with van der Waals surface area (Å²) in [5.41, 5.74) is 4.90. The van der Waals surface area contributed by atoms with Crippen LogP contribution in [0.2, 0.25) is 0 Å². The molecule has 23 heavy (non-hydrogen) atoms. The molecule has 0 N–H and O–H groups in total. The van der Waals surface area contributed by atoms with Gasteiger partial charge in [-0.05, 0) is 52.4 Å². The molecule has 1 unspecified atom stereocenters. The first-order chi connectivity index (χ1) is 11.3. The van der Waals surface area contributed by atoms with Gasteiger partial charge >= 0.3 is 0 Å². The molecule has 5 rings (SSSR count). The van der Waals surface area contributed by atoms with Gasteiger partial charge in [-0.2, -0.15) is 0 Å². The van der Waals surface area contributed by atoms with Crippen molar-refractivity contribution in [2.45, 2.75) is 18.4 Å². The Morgan fingerprint density at radius 3 is 2.70 bits per heavy atom. The van der Waals surface area contributed by atoms with Crippen LogP contribution in [0, 0.1) is 0 Å². The number of hydrogen-bond donors (Lipinski definition) is 0. The molecule has 0 radical (unpaired) electrons. The van der Waals surface area contributed by atoms with Crippen molar-refractivity contribution < 1.29 is 9.47 Å². The zero-order valence-corrected chi connectivity index (χ0v) is 13.1. The number of rotatable bonds is 1. The number of fused-ring (bicyclic) bond motifs is 7. The van der Waals surface area contributed by atoms with Crippen LogP contribution in [0.25, 0.3) is 21.9 Å². The molecular formula is C21H18O2. The molecule has 0 bridgehead atoms. The molecule has 0 aromatic heterocycles. The highest BCUT2D eigenvalue weighted by Gasteiger charge is 2.47. The van der Waals surface area contributed by atoms with Gasteiger partial charge in [-0.3, -0.25) is 0 Å². The highest BCUT2D eigenvalue weighted by atomic mass is 16.5. The molecule has 2 nitrogen and oxygen atoms in total. The van der Waals surface area contributed by atoms with Gasteiger partial charge in [0.15, 0.2) is 0 Å². The first-order valence-electron chi connectivity index (χ1n) is 8.18. The lowest BCUT2D eigenvalue weighted by molar-refractivity contribution is 0.0408. The summed E-state index contributed by atoms with van der Waals surface area (Å²) in [7, 11) is 1.72. The molecule has 1 fully saturated rings. The highest BCUT2D eigenvalue weighted by molar-refractivity contribution is 5.97. The van der Waals surface area contributed by atoms with E-state index in [9.17, 15) is 0 Å². The minimum atomic E-state index is -0.305. The summed E-state index contributed by atoms with van der Waals surface area (Å²) in [6.45, 7) is 0.819. The Hall–Kier alpha value is -2.32. The average molecular weight is 302 g/mol. The molecule has 3 aromatic carbocycles. The molecule has 1 spiro atoms. The van der Waals surface area contributed by atoms with Gasteiger partial charge in [0.2, 0.25) is 0 Å². The molecule has 1 saturated heterocycles. The van der Waals surface area contributed by atoms with Gasteiger partial charge in [0.25, 0.3) is 0 Å². The number of hydrogen-bond acceptors (Lipinski definition) is 2. The van der Waals surface area contributed by atoms with Crippen molar-refractivity contribution in [1.82, 2.24) is 0 Å². The predicted molar refractivity (Wildman–Crippen MR) is 91.9 cm³/mol. The van der Waals surface area contributed by atoms with Crippen LogP contribution in [0.1, 0.15) is 24.0 Å². The normalized spacial score (nSPS) is 21.6. The van der Waals surface area contributed by atoms with E-state index in [-0.39, 0.29) is 5.60 Å². The van der Waals surface area contributed by atoms with Crippen LogP contribution in [0.5, 0.6) is 5.75 Å². The third-order valence-corrected chi connectivity index (χ3v) is 5.31. The summed E-state index contributed by atoms with van der Waals surface area (Å²) in [5, 5.41) is 2.59. The zero-order chi connectivity index (χ0) is 15.4. The molecule has 1 aliphatic heterocycles. The SMILES string of the molecule is COc1ccc2c(c1)C1(CCCO1)c1c-2ccc2ccccc12. The monoisotopic (exact) mass is 302 g/mol. The molecular weight excluding hydrogens is 284 g/mol. The number of ether oxygens (including phenoxy) is 2. The maximum absolute atomic E-state index is 6.41. The van der Waals surface area contributed by atoms with E-state index < -0.39 is 0 Å². The van der Waals surface area contributed by atoms with Crippen LogP contribution in [0.15, 0.2) is 54.6 Å². The lowest BCUT2D eigenvalue weighted by Crippen LogP contribution is -2.23. The Kier molecular flexibility index (Phi) is 2.62. The summed E-state index contributed by atoms with van der Waals surface area (Å²) < 4.78 is 11.9. The second-order valence-corrected chi connectivity index (χ2v) is 6.40. The minimum Gasteiger partial charge on any atom is -0.497 e. The first kappa shape index (κ1) is 13.1. The maximum Gasteiger partial charge on any atom is 0.120 e. The van der Waals surface area contributed by atoms with Crippen molar-refractivity contribution in [1.29, 1.82) is 0 Å². The molecule has 0 amide bonds.